The second-order valence-electron chi connectivity index (χ2n) is 4.42. The molecule has 0 aliphatic heterocycles. The van der Waals surface area contributed by atoms with E-state index in [2.05, 4.69) is 4.98 Å². The molecular formula is C14H8F6N2O. The largest absolute Gasteiger partial charge is 0.492 e. The van der Waals surface area contributed by atoms with Gasteiger partial charge in [-0.25, -0.2) is 22.5 Å². The standard InChI is InChI=1S/C14H8F6N2O/c1-2-23-11-6-3-8(15)9(16)4-10(6)22-12(7(11)5-21)14(19,20)13(17)18/h3-4,13H,2H2,1H3. The zero-order chi connectivity index (χ0) is 17.4. The van der Waals surface area contributed by atoms with Crippen LogP contribution in [0.1, 0.15) is 18.2 Å². The fourth-order valence-electron chi connectivity index (χ4n) is 1.97. The Morgan fingerprint density at radius 3 is 2.39 bits per heavy atom. The number of halogens is 6. The van der Waals surface area contributed by atoms with Gasteiger partial charge in [-0.2, -0.15) is 14.0 Å². The van der Waals surface area contributed by atoms with Crippen LogP contribution >= 0.6 is 0 Å². The molecule has 0 saturated carbocycles. The average Bonchev–Trinajstić information content (AvgIpc) is 2.48. The van der Waals surface area contributed by atoms with E-state index in [1.807, 2.05) is 0 Å². The van der Waals surface area contributed by atoms with Gasteiger partial charge in [0.05, 0.1) is 12.1 Å². The summed E-state index contributed by atoms with van der Waals surface area (Å²) in [5.41, 5.74) is -3.02. The molecule has 0 amide bonds. The summed E-state index contributed by atoms with van der Waals surface area (Å²) in [6.45, 7) is 1.32. The molecule has 0 spiro atoms. The normalized spacial score (nSPS) is 11.8. The Morgan fingerprint density at radius 2 is 1.87 bits per heavy atom. The number of aromatic nitrogens is 1. The molecule has 0 saturated heterocycles. The van der Waals surface area contributed by atoms with Crippen molar-refractivity contribution in [3.63, 3.8) is 0 Å². The van der Waals surface area contributed by atoms with E-state index in [-0.39, 0.29) is 12.0 Å². The fourth-order valence-corrected chi connectivity index (χ4v) is 1.97. The second kappa shape index (κ2) is 5.95. The van der Waals surface area contributed by atoms with Crippen LogP contribution in [0.25, 0.3) is 10.9 Å². The van der Waals surface area contributed by atoms with Gasteiger partial charge in [0.25, 0.3) is 0 Å². The topological polar surface area (TPSA) is 45.9 Å². The minimum atomic E-state index is -4.75. The lowest BCUT2D eigenvalue weighted by Gasteiger charge is -2.19. The fraction of sp³-hybridized carbons (Fsp3) is 0.286. The molecule has 0 fully saturated rings. The highest BCUT2D eigenvalue weighted by Crippen LogP contribution is 2.41. The quantitative estimate of drug-likeness (QED) is 0.790. The van der Waals surface area contributed by atoms with Crippen molar-refractivity contribution in [1.82, 2.24) is 4.98 Å². The van der Waals surface area contributed by atoms with Crippen LogP contribution < -0.4 is 4.74 Å². The summed E-state index contributed by atoms with van der Waals surface area (Å²) in [4.78, 5) is 3.24. The van der Waals surface area contributed by atoms with Crippen LogP contribution in [0.5, 0.6) is 5.75 Å². The number of alkyl halides is 4. The van der Waals surface area contributed by atoms with Crippen LogP contribution in [0.2, 0.25) is 0 Å². The van der Waals surface area contributed by atoms with E-state index in [4.69, 9.17) is 10.00 Å². The number of hydrogen-bond acceptors (Lipinski definition) is 3. The SMILES string of the molecule is CCOc1c(C#N)c(C(F)(F)C(F)F)nc2cc(F)c(F)cc12. The first-order valence-corrected chi connectivity index (χ1v) is 6.26. The lowest BCUT2D eigenvalue weighted by Crippen LogP contribution is -2.26. The maximum Gasteiger partial charge on any atom is 0.350 e. The molecule has 2 rings (SSSR count). The van der Waals surface area contributed by atoms with Crippen molar-refractivity contribution >= 4 is 10.9 Å². The third-order valence-corrected chi connectivity index (χ3v) is 2.97. The van der Waals surface area contributed by atoms with Crippen molar-refractivity contribution in [2.45, 2.75) is 19.3 Å². The third kappa shape index (κ3) is 2.76. The van der Waals surface area contributed by atoms with Gasteiger partial charge in [0.2, 0.25) is 0 Å². The molecule has 1 aromatic heterocycles. The molecule has 23 heavy (non-hydrogen) atoms. The molecule has 0 bridgehead atoms. The van der Waals surface area contributed by atoms with Gasteiger partial charge >= 0.3 is 12.3 Å². The van der Waals surface area contributed by atoms with E-state index >= 15 is 0 Å². The van der Waals surface area contributed by atoms with Crippen molar-refractivity contribution < 1.29 is 31.1 Å². The number of hydrogen-bond donors (Lipinski definition) is 0. The summed E-state index contributed by atoms with van der Waals surface area (Å²) in [6, 6.07) is 2.40. The summed E-state index contributed by atoms with van der Waals surface area (Å²) in [7, 11) is 0. The zero-order valence-electron chi connectivity index (χ0n) is 11.5. The van der Waals surface area contributed by atoms with Crippen molar-refractivity contribution in [3.8, 4) is 11.8 Å². The van der Waals surface area contributed by atoms with Gasteiger partial charge in [-0.3, -0.25) is 0 Å². The third-order valence-electron chi connectivity index (χ3n) is 2.97. The molecule has 9 heteroatoms. The molecule has 2 aromatic rings. The Labute approximate surface area is 126 Å². The van der Waals surface area contributed by atoms with Crippen LogP contribution in [0.4, 0.5) is 26.3 Å². The van der Waals surface area contributed by atoms with Crippen molar-refractivity contribution in [2.75, 3.05) is 6.61 Å². The van der Waals surface area contributed by atoms with E-state index in [9.17, 15) is 26.3 Å². The summed E-state index contributed by atoms with van der Waals surface area (Å²) < 4.78 is 84.2. The average molecular weight is 334 g/mol. The number of fused-ring (bicyclic) bond motifs is 1. The molecule has 1 heterocycles. The number of benzene rings is 1. The van der Waals surface area contributed by atoms with Crippen molar-refractivity contribution in [2.24, 2.45) is 0 Å². The highest BCUT2D eigenvalue weighted by atomic mass is 19.3. The second-order valence-corrected chi connectivity index (χ2v) is 4.42. The predicted octanol–water partition coefficient (Wildman–Crippen LogP) is 4.14. The molecule has 0 atom stereocenters. The van der Waals surface area contributed by atoms with Crippen molar-refractivity contribution in [3.05, 3.63) is 35.0 Å². The maximum atomic E-state index is 13.7. The minimum Gasteiger partial charge on any atom is -0.492 e. The Kier molecular flexibility index (Phi) is 4.36. The molecule has 122 valence electrons. The lowest BCUT2D eigenvalue weighted by molar-refractivity contribution is -0.138. The molecule has 0 radical (unpaired) electrons. The Balaban J connectivity index is 2.94. The molecule has 1 aromatic carbocycles. The monoisotopic (exact) mass is 334 g/mol. The van der Waals surface area contributed by atoms with Crippen LogP contribution in [-0.4, -0.2) is 18.0 Å². The van der Waals surface area contributed by atoms with E-state index in [1.165, 1.54) is 13.0 Å². The van der Waals surface area contributed by atoms with E-state index in [0.29, 0.717) is 12.1 Å². The lowest BCUT2D eigenvalue weighted by atomic mass is 10.0. The molecule has 0 aliphatic rings. The highest BCUT2D eigenvalue weighted by Gasteiger charge is 2.47. The van der Waals surface area contributed by atoms with Gasteiger partial charge < -0.3 is 4.74 Å². The predicted molar refractivity (Wildman–Crippen MR) is 67.4 cm³/mol. The Bertz CT molecular complexity index is 800. The summed E-state index contributed by atoms with van der Waals surface area (Å²) >= 11 is 0. The first-order chi connectivity index (χ1) is 10.7. The number of pyridine rings is 1. The summed E-state index contributed by atoms with van der Waals surface area (Å²) in [5.74, 6) is -8.02. The molecule has 0 N–H and O–H groups in total. The van der Waals surface area contributed by atoms with Gasteiger partial charge in [-0.05, 0) is 13.0 Å². The first-order valence-electron chi connectivity index (χ1n) is 6.26. The zero-order valence-corrected chi connectivity index (χ0v) is 11.5. The summed E-state index contributed by atoms with van der Waals surface area (Å²) in [6.07, 6.45) is -4.14. The minimum absolute atomic E-state index is 0.119. The van der Waals surface area contributed by atoms with Gasteiger partial charge in [0.1, 0.15) is 23.1 Å². The smallest absolute Gasteiger partial charge is 0.350 e. The number of nitrogens with zero attached hydrogens (tertiary/aromatic N) is 2. The summed E-state index contributed by atoms with van der Waals surface area (Å²) in [5, 5.41) is 8.77. The van der Waals surface area contributed by atoms with Gasteiger partial charge in [-0.1, -0.05) is 0 Å². The van der Waals surface area contributed by atoms with Gasteiger partial charge in [-0.15, -0.1) is 0 Å². The van der Waals surface area contributed by atoms with Gasteiger partial charge in [0.15, 0.2) is 11.6 Å². The van der Waals surface area contributed by atoms with Crippen LogP contribution in [0, 0.1) is 23.0 Å². The van der Waals surface area contributed by atoms with Crippen LogP contribution in [-0.2, 0) is 5.92 Å². The molecule has 0 unspecified atom stereocenters. The highest BCUT2D eigenvalue weighted by molar-refractivity contribution is 5.88. The first kappa shape index (κ1) is 16.9. The van der Waals surface area contributed by atoms with Crippen LogP contribution in [0.3, 0.4) is 0 Å². The number of nitriles is 1. The molecule has 0 aliphatic carbocycles. The number of rotatable bonds is 4. The van der Waals surface area contributed by atoms with Crippen molar-refractivity contribution in [1.29, 1.82) is 5.26 Å². The Morgan fingerprint density at radius 1 is 1.26 bits per heavy atom. The Hall–Kier alpha value is -2.50. The van der Waals surface area contributed by atoms with Crippen LogP contribution in [0.15, 0.2) is 12.1 Å². The van der Waals surface area contributed by atoms with E-state index in [0.717, 1.165) is 0 Å². The van der Waals surface area contributed by atoms with E-state index < -0.39 is 46.5 Å². The number of ether oxygens (including phenoxy) is 1. The molecular weight excluding hydrogens is 326 g/mol. The molecule has 3 nitrogen and oxygen atoms in total. The van der Waals surface area contributed by atoms with Gasteiger partial charge in [0, 0.05) is 11.5 Å². The van der Waals surface area contributed by atoms with E-state index in [1.54, 1.807) is 0 Å². The maximum absolute atomic E-state index is 13.7.